The summed E-state index contributed by atoms with van der Waals surface area (Å²) in [6.45, 7) is 5.19. The molecule has 1 aromatic carbocycles. The van der Waals surface area contributed by atoms with Crippen LogP contribution in [0.5, 0.6) is 5.75 Å². The molecule has 0 radical (unpaired) electrons. The van der Waals surface area contributed by atoms with Crippen LogP contribution in [-0.2, 0) is 11.2 Å². The summed E-state index contributed by atoms with van der Waals surface area (Å²) in [5.41, 5.74) is 0.109. The van der Waals surface area contributed by atoms with E-state index in [9.17, 15) is 15.0 Å². The predicted octanol–water partition coefficient (Wildman–Crippen LogP) is 1.60. The Morgan fingerprint density at radius 3 is 2.56 bits per heavy atom. The maximum absolute atomic E-state index is 11.7. The number of aliphatic hydroxyl groups is 1. The lowest BCUT2D eigenvalue weighted by Crippen LogP contribution is -2.51. The number of hydrogen-bond acceptors (Lipinski definition) is 3. The number of carbonyl (C=O) groups excluding carboxylic acids is 1. The molecule has 0 aliphatic carbocycles. The van der Waals surface area contributed by atoms with Crippen LogP contribution in [-0.4, -0.2) is 27.8 Å². The fourth-order valence-corrected chi connectivity index (χ4v) is 1.50. The second kappa shape index (κ2) is 5.87. The Morgan fingerprint density at radius 2 is 2.00 bits per heavy atom. The number of phenolic OH excluding ortho intramolecular Hbond substituents is 1. The smallest absolute Gasteiger partial charge is 0.220 e. The van der Waals surface area contributed by atoms with Gasteiger partial charge in [-0.15, -0.1) is 0 Å². The molecule has 0 spiro atoms. The van der Waals surface area contributed by atoms with E-state index in [-0.39, 0.29) is 18.1 Å². The Hall–Kier alpha value is -1.55. The number of aromatic hydroxyl groups is 1. The minimum Gasteiger partial charge on any atom is -0.508 e. The van der Waals surface area contributed by atoms with Crippen molar-refractivity contribution in [3.63, 3.8) is 0 Å². The molecule has 0 fully saturated rings. The maximum Gasteiger partial charge on any atom is 0.220 e. The largest absolute Gasteiger partial charge is 0.508 e. The average Bonchev–Trinajstić information content (AvgIpc) is 2.27. The molecule has 1 atom stereocenters. The number of rotatable bonds is 5. The monoisotopic (exact) mass is 251 g/mol. The lowest BCUT2D eigenvalue weighted by Gasteiger charge is -2.29. The van der Waals surface area contributed by atoms with Crippen LogP contribution in [0.4, 0.5) is 0 Å². The standard InChI is InChI=1S/C14H21NO3/c1-10(16)14(2,3)15-13(18)9-8-11-6-4-5-7-12(11)17/h4-7,10,16-17H,8-9H2,1-3H3,(H,15,18). The Morgan fingerprint density at radius 1 is 1.39 bits per heavy atom. The molecule has 0 saturated heterocycles. The van der Waals surface area contributed by atoms with Crippen molar-refractivity contribution in [3.05, 3.63) is 29.8 Å². The first-order valence-electron chi connectivity index (χ1n) is 6.09. The van der Waals surface area contributed by atoms with Gasteiger partial charge in [-0.2, -0.15) is 0 Å². The van der Waals surface area contributed by atoms with Gasteiger partial charge in [0.1, 0.15) is 5.75 Å². The molecule has 4 nitrogen and oxygen atoms in total. The van der Waals surface area contributed by atoms with E-state index in [2.05, 4.69) is 5.32 Å². The molecule has 0 aliphatic rings. The van der Waals surface area contributed by atoms with Crippen molar-refractivity contribution in [3.8, 4) is 5.75 Å². The topological polar surface area (TPSA) is 69.6 Å². The fraction of sp³-hybridized carbons (Fsp3) is 0.500. The molecule has 4 heteroatoms. The number of para-hydroxylation sites is 1. The van der Waals surface area contributed by atoms with Gasteiger partial charge in [0.25, 0.3) is 0 Å². The van der Waals surface area contributed by atoms with Crippen LogP contribution in [0.1, 0.15) is 32.8 Å². The van der Waals surface area contributed by atoms with E-state index < -0.39 is 11.6 Å². The van der Waals surface area contributed by atoms with Gasteiger partial charge in [-0.3, -0.25) is 4.79 Å². The van der Waals surface area contributed by atoms with Crippen molar-refractivity contribution in [1.29, 1.82) is 0 Å². The molecule has 1 rings (SSSR count). The molecule has 0 saturated carbocycles. The van der Waals surface area contributed by atoms with Crippen LogP contribution < -0.4 is 5.32 Å². The van der Waals surface area contributed by atoms with Crippen LogP contribution >= 0.6 is 0 Å². The molecule has 0 heterocycles. The summed E-state index contributed by atoms with van der Waals surface area (Å²) in [7, 11) is 0. The molecule has 0 bridgehead atoms. The van der Waals surface area contributed by atoms with Crippen molar-refractivity contribution in [2.75, 3.05) is 0 Å². The van der Waals surface area contributed by atoms with E-state index in [0.717, 1.165) is 5.56 Å². The molecule has 0 aromatic heterocycles. The Balaban J connectivity index is 2.50. The van der Waals surface area contributed by atoms with Crippen molar-refractivity contribution in [2.45, 2.75) is 45.3 Å². The number of benzene rings is 1. The molecule has 18 heavy (non-hydrogen) atoms. The minimum absolute atomic E-state index is 0.135. The summed E-state index contributed by atoms with van der Waals surface area (Å²) in [5, 5.41) is 21.9. The molecule has 1 aromatic rings. The predicted molar refractivity (Wildman–Crippen MR) is 70.3 cm³/mol. The van der Waals surface area contributed by atoms with Gasteiger partial charge in [-0.05, 0) is 38.8 Å². The summed E-state index contributed by atoms with van der Waals surface area (Å²) < 4.78 is 0. The SMILES string of the molecule is CC(O)C(C)(C)NC(=O)CCc1ccccc1O. The van der Waals surface area contributed by atoms with Crippen molar-refractivity contribution in [1.82, 2.24) is 5.32 Å². The van der Waals surface area contributed by atoms with Crippen LogP contribution in [0.15, 0.2) is 24.3 Å². The van der Waals surface area contributed by atoms with Gasteiger partial charge < -0.3 is 15.5 Å². The number of nitrogens with one attached hydrogen (secondary N) is 1. The highest BCUT2D eigenvalue weighted by Crippen LogP contribution is 2.17. The Bertz CT molecular complexity index is 413. The summed E-state index contributed by atoms with van der Waals surface area (Å²) >= 11 is 0. The van der Waals surface area contributed by atoms with Crippen molar-refractivity contribution in [2.24, 2.45) is 0 Å². The number of carbonyl (C=O) groups is 1. The van der Waals surface area contributed by atoms with Gasteiger partial charge in [0.2, 0.25) is 5.91 Å². The third kappa shape index (κ3) is 4.04. The lowest BCUT2D eigenvalue weighted by atomic mass is 9.98. The van der Waals surface area contributed by atoms with Crippen LogP contribution in [0.3, 0.4) is 0 Å². The molecule has 1 unspecified atom stereocenters. The zero-order valence-electron chi connectivity index (χ0n) is 11.1. The molecular formula is C14H21NO3. The first kappa shape index (κ1) is 14.5. The first-order chi connectivity index (χ1) is 8.33. The number of aryl methyl sites for hydroxylation is 1. The van der Waals surface area contributed by atoms with Crippen LogP contribution in [0.2, 0.25) is 0 Å². The molecule has 3 N–H and O–H groups in total. The van der Waals surface area contributed by atoms with Gasteiger partial charge in [0.05, 0.1) is 11.6 Å². The highest BCUT2D eigenvalue weighted by Gasteiger charge is 2.25. The zero-order chi connectivity index (χ0) is 13.8. The Kier molecular flexibility index (Phi) is 4.73. The van der Waals surface area contributed by atoms with Crippen LogP contribution in [0.25, 0.3) is 0 Å². The maximum atomic E-state index is 11.7. The van der Waals surface area contributed by atoms with Gasteiger partial charge in [0, 0.05) is 6.42 Å². The lowest BCUT2D eigenvalue weighted by molar-refractivity contribution is -0.123. The van der Waals surface area contributed by atoms with Crippen molar-refractivity contribution < 1.29 is 15.0 Å². The minimum atomic E-state index is -0.643. The van der Waals surface area contributed by atoms with Gasteiger partial charge >= 0.3 is 0 Å². The van der Waals surface area contributed by atoms with E-state index in [1.165, 1.54) is 0 Å². The second-order valence-corrected chi connectivity index (χ2v) is 5.07. The van der Waals surface area contributed by atoms with Gasteiger partial charge in [0.15, 0.2) is 0 Å². The highest BCUT2D eigenvalue weighted by molar-refractivity contribution is 5.77. The van der Waals surface area contributed by atoms with Gasteiger partial charge in [-0.1, -0.05) is 18.2 Å². The van der Waals surface area contributed by atoms with E-state index in [0.29, 0.717) is 6.42 Å². The Labute approximate surface area is 108 Å². The van der Waals surface area contributed by atoms with E-state index in [1.54, 1.807) is 39.0 Å². The van der Waals surface area contributed by atoms with E-state index in [1.807, 2.05) is 6.07 Å². The number of hydrogen-bond donors (Lipinski definition) is 3. The number of amides is 1. The summed E-state index contributed by atoms with van der Waals surface area (Å²) in [6.07, 6.45) is 0.147. The molecule has 100 valence electrons. The van der Waals surface area contributed by atoms with Crippen LogP contribution in [0, 0.1) is 0 Å². The molecule has 0 aliphatic heterocycles. The summed E-state index contributed by atoms with van der Waals surface area (Å²) in [4.78, 5) is 11.7. The highest BCUT2D eigenvalue weighted by atomic mass is 16.3. The number of aliphatic hydroxyl groups excluding tert-OH is 1. The third-order valence-electron chi connectivity index (χ3n) is 3.12. The van der Waals surface area contributed by atoms with Crippen molar-refractivity contribution >= 4 is 5.91 Å². The molecular weight excluding hydrogens is 230 g/mol. The second-order valence-electron chi connectivity index (χ2n) is 5.07. The van der Waals surface area contributed by atoms with Gasteiger partial charge in [-0.25, -0.2) is 0 Å². The number of phenols is 1. The average molecular weight is 251 g/mol. The fourth-order valence-electron chi connectivity index (χ4n) is 1.50. The van der Waals surface area contributed by atoms with E-state index in [4.69, 9.17) is 0 Å². The first-order valence-corrected chi connectivity index (χ1v) is 6.09. The molecule has 1 amide bonds. The third-order valence-corrected chi connectivity index (χ3v) is 3.12. The summed E-state index contributed by atoms with van der Waals surface area (Å²) in [6, 6.07) is 6.97. The zero-order valence-corrected chi connectivity index (χ0v) is 11.1. The normalized spacial score (nSPS) is 13.1. The van der Waals surface area contributed by atoms with E-state index >= 15 is 0 Å². The summed E-state index contributed by atoms with van der Waals surface area (Å²) in [5.74, 6) is 0.0734. The quantitative estimate of drug-likeness (QED) is 0.744.